The molecule has 0 bridgehead atoms. The van der Waals surface area contributed by atoms with E-state index in [1.807, 2.05) is 6.92 Å². The predicted molar refractivity (Wildman–Crippen MR) is 74.7 cm³/mol. The Kier molecular flexibility index (Phi) is 6.68. The zero-order valence-electron chi connectivity index (χ0n) is 10.7. The first-order chi connectivity index (χ1) is 9.11. The zero-order chi connectivity index (χ0) is 14.1. The van der Waals surface area contributed by atoms with Gasteiger partial charge in [-0.3, -0.25) is 9.59 Å². The average Bonchev–Trinajstić information content (AvgIpc) is 2.42. The highest BCUT2D eigenvalue weighted by molar-refractivity contribution is 6.30. The standard InChI is InChI=1S/C14H16ClNO3/c1-2-9-19-14(18)10-16-13(17)8-5-11-3-6-12(15)7-4-11/h3-8H,2,9-10H2,1H3,(H,16,17)/b8-5+. The minimum absolute atomic E-state index is 0.121. The van der Waals surface area contributed by atoms with E-state index in [0.29, 0.717) is 11.6 Å². The van der Waals surface area contributed by atoms with Gasteiger partial charge in [0.2, 0.25) is 5.91 Å². The van der Waals surface area contributed by atoms with Gasteiger partial charge in [0.05, 0.1) is 6.61 Å². The zero-order valence-corrected chi connectivity index (χ0v) is 11.4. The summed E-state index contributed by atoms with van der Waals surface area (Å²) in [4.78, 5) is 22.6. The summed E-state index contributed by atoms with van der Waals surface area (Å²) in [6, 6.07) is 7.06. The number of nitrogens with one attached hydrogen (secondary N) is 1. The van der Waals surface area contributed by atoms with Gasteiger partial charge in [-0.25, -0.2) is 0 Å². The molecule has 0 aliphatic rings. The number of hydrogen-bond donors (Lipinski definition) is 1. The molecule has 1 aromatic carbocycles. The van der Waals surface area contributed by atoms with Crippen molar-refractivity contribution >= 4 is 29.6 Å². The van der Waals surface area contributed by atoms with Gasteiger partial charge < -0.3 is 10.1 Å². The summed E-state index contributed by atoms with van der Waals surface area (Å²) in [5.41, 5.74) is 0.855. The molecular weight excluding hydrogens is 266 g/mol. The predicted octanol–water partition coefficient (Wildman–Crippen LogP) is 2.42. The monoisotopic (exact) mass is 281 g/mol. The van der Waals surface area contributed by atoms with Crippen LogP contribution in [0.3, 0.4) is 0 Å². The Bertz CT molecular complexity index is 454. The number of ether oxygens (including phenoxy) is 1. The van der Waals surface area contributed by atoms with Gasteiger partial charge in [0, 0.05) is 11.1 Å². The van der Waals surface area contributed by atoms with Crippen molar-refractivity contribution in [1.82, 2.24) is 5.32 Å². The molecule has 0 saturated heterocycles. The van der Waals surface area contributed by atoms with Crippen LogP contribution >= 0.6 is 11.6 Å². The quantitative estimate of drug-likeness (QED) is 0.643. The first kappa shape index (κ1) is 15.2. The highest BCUT2D eigenvalue weighted by Gasteiger charge is 2.03. The summed E-state index contributed by atoms with van der Waals surface area (Å²) in [5, 5.41) is 3.09. The second-order valence-corrected chi connectivity index (χ2v) is 4.26. The van der Waals surface area contributed by atoms with E-state index in [9.17, 15) is 9.59 Å². The first-order valence-electron chi connectivity index (χ1n) is 5.99. The van der Waals surface area contributed by atoms with Gasteiger partial charge in [-0.05, 0) is 30.2 Å². The molecular formula is C14H16ClNO3. The Morgan fingerprint density at radius 2 is 2.00 bits per heavy atom. The molecule has 0 heterocycles. The molecule has 0 fully saturated rings. The number of carbonyl (C=O) groups excluding carboxylic acids is 2. The van der Waals surface area contributed by atoms with Crippen LogP contribution in [0.1, 0.15) is 18.9 Å². The minimum Gasteiger partial charge on any atom is -0.464 e. The molecule has 0 atom stereocenters. The minimum atomic E-state index is -0.435. The van der Waals surface area contributed by atoms with Crippen LogP contribution in [0.4, 0.5) is 0 Å². The lowest BCUT2D eigenvalue weighted by molar-refractivity contribution is -0.143. The maximum absolute atomic E-state index is 11.4. The van der Waals surface area contributed by atoms with Crippen molar-refractivity contribution in [3.05, 3.63) is 40.9 Å². The Labute approximate surface area is 117 Å². The van der Waals surface area contributed by atoms with Crippen LogP contribution in [0.25, 0.3) is 6.08 Å². The van der Waals surface area contributed by atoms with Gasteiger partial charge in [0.25, 0.3) is 0 Å². The highest BCUT2D eigenvalue weighted by Crippen LogP contribution is 2.10. The fraction of sp³-hybridized carbons (Fsp3) is 0.286. The van der Waals surface area contributed by atoms with Gasteiger partial charge >= 0.3 is 5.97 Å². The fourth-order valence-electron chi connectivity index (χ4n) is 1.23. The van der Waals surface area contributed by atoms with E-state index < -0.39 is 5.97 Å². The van der Waals surface area contributed by atoms with E-state index in [-0.39, 0.29) is 12.5 Å². The lowest BCUT2D eigenvalue weighted by Crippen LogP contribution is -2.29. The molecule has 0 unspecified atom stereocenters. The van der Waals surface area contributed by atoms with Gasteiger partial charge in [-0.2, -0.15) is 0 Å². The third kappa shape index (κ3) is 6.62. The molecule has 0 aromatic heterocycles. The van der Waals surface area contributed by atoms with Gasteiger partial charge in [0.15, 0.2) is 0 Å². The summed E-state index contributed by atoms with van der Waals surface area (Å²) >= 11 is 5.75. The number of esters is 1. The molecule has 0 radical (unpaired) electrons. The van der Waals surface area contributed by atoms with Gasteiger partial charge in [-0.15, -0.1) is 0 Å². The summed E-state index contributed by atoms with van der Waals surface area (Å²) in [7, 11) is 0. The van der Waals surface area contributed by atoms with E-state index in [4.69, 9.17) is 16.3 Å². The summed E-state index contributed by atoms with van der Waals surface area (Å²) in [6.07, 6.45) is 3.76. The fourth-order valence-corrected chi connectivity index (χ4v) is 1.36. The average molecular weight is 282 g/mol. The van der Waals surface area contributed by atoms with Crippen LogP contribution in [0.2, 0.25) is 5.02 Å². The number of rotatable bonds is 6. The molecule has 1 amide bonds. The number of halogens is 1. The van der Waals surface area contributed by atoms with E-state index in [2.05, 4.69) is 5.32 Å². The Hall–Kier alpha value is -1.81. The Morgan fingerprint density at radius 1 is 1.32 bits per heavy atom. The van der Waals surface area contributed by atoms with Crippen molar-refractivity contribution in [3.63, 3.8) is 0 Å². The van der Waals surface area contributed by atoms with Crippen molar-refractivity contribution < 1.29 is 14.3 Å². The Balaban J connectivity index is 2.34. The molecule has 5 heteroatoms. The maximum Gasteiger partial charge on any atom is 0.325 e. The number of benzene rings is 1. The molecule has 1 N–H and O–H groups in total. The van der Waals surface area contributed by atoms with Crippen molar-refractivity contribution in [2.24, 2.45) is 0 Å². The smallest absolute Gasteiger partial charge is 0.325 e. The molecule has 102 valence electrons. The molecule has 0 aliphatic heterocycles. The summed E-state index contributed by atoms with van der Waals surface area (Å²) in [6.45, 7) is 2.15. The molecule has 19 heavy (non-hydrogen) atoms. The highest BCUT2D eigenvalue weighted by atomic mass is 35.5. The van der Waals surface area contributed by atoms with Crippen LogP contribution < -0.4 is 5.32 Å². The SMILES string of the molecule is CCCOC(=O)CNC(=O)/C=C/c1ccc(Cl)cc1. The second kappa shape index (κ2) is 8.32. The lowest BCUT2D eigenvalue weighted by Gasteiger charge is -2.03. The van der Waals surface area contributed by atoms with Crippen molar-refractivity contribution in [2.45, 2.75) is 13.3 Å². The van der Waals surface area contributed by atoms with Crippen molar-refractivity contribution in [1.29, 1.82) is 0 Å². The van der Waals surface area contributed by atoms with Crippen LogP contribution in [0.5, 0.6) is 0 Å². The second-order valence-electron chi connectivity index (χ2n) is 3.82. The molecule has 1 aromatic rings. The van der Waals surface area contributed by atoms with E-state index in [1.165, 1.54) is 6.08 Å². The number of amides is 1. The topological polar surface area (TPSA) is 55.4 Å². The largest absolute Gasteiger partial charge is 0.464 e. The number of hydrogen-bond acceptors (Lipinski definition) is 3. The first-order valence-corrected chi connectivity index (χ1v) is 6.36. The van der Waals surface area contributed by atoms with Crippen LogP contribution in [0, 0.1) is 0 Å². The summed E-state index contributed by atoms with van der Waals surface area (Å²) < 4.78 is 4.83. The Morgan fingerprint density at radius 3 is 2.63 bits per heavy atom. The van der Waals surface area contributed by atoms with Crippen LogP contribution in [-0.4, -0.2) is 25.0 Å². The molecule has 0 aliphatic carbocycles. The molecule has 4 nitrogen and oxygen atoms in total. The van der Waals surface area contributed by atoms with Crippen LogP contribution in [0.15, 0.2) is 30.3 Å². The van der Waals surface area contributed by atoms with Gasteiger partial charge in [-0.1, -0.05) is 30.7 Å². The van der Waals surface area contributed by atoms with E-state index in [1.54, 1.807) is 30.3 Å². The third-order valence-electron chi connectivity index (χ3n) is 2.17. The molecule has 1 rings (SSSR count). The lowest BCUT2D eigenvalue weighted by atomic mass is 10.2. The van der Waals surface area contributed by atoms with Crippen LogP contribution in [-0.2, 0) is 14.3 Å². The van der Waals surface area contributed by atoms with Crippen molar-refractivity contribution in [3.8, 4) is 0 Å². The van der Waals surface area contributed by atoms with E-state index >= 15 is 0 Å². The van der Waals surface area contributed by atoms with E-state index in [0.717, 1.165) is 12.0 Å². The normalized spacial score (nSPS) is 10.4. The third-order valence-corrected chi connectivity index (χ3v) is 2.42. The molecule has 0 spiro atoms. The van der Waals surface area contributed by atoms with Crippen molar-refractivity contribution in [2.75, 3.05) is 13.2 Å². The molecule has 0 saturated carbocycles. The summed E-state index contributed by atoms with van der Waals surface area (Å²) in [5.74, 6) is -0.779. The number of carbonyl (C=O) groups is 2. The maximum atomic E-state index is 11.4. The van der Waals surface area contributed by atoms with Gasteiger partial charge in [0.1, 0.15) is 6.54 Å².